The van der Waals surface area contributed by atoms with E-state index in [9.17, 15) is 0 Å². The van der Waals surface area contributed by atoms with Gasteiger partial charge in [0.2, 0.25) is 0 Å². The van der Waals surface area contributed by atoms with Crippen LogP contribution in [0.5, 0.6) is 11.5 Å². The second kappa shape index (κ2) is 8.96. The average molecular weight is 330 g/mol. The van der Waals surface area contributed by atoms with Crippen molar-refractivity contribution < 1.29 is 9.47 Å². The Hall–Kier alpha value is -2.50. The molecule has 0 spiro atoms. The predicted octanol–water partition coefficient (Wildman–Crippen LogP) is 3.36. The van der Waals surface area contributed by atoms with Crippen molar-refractivity contribution in [1.82, 2.24) is 9.97 Å². The number of ether oxygens (including phenoxy) is 2. The Labute approximate surface area is 143 Å². The molecule has 1 atom stereocenters. The Bertz CT molecular complexity index is 649. The molecule has 0 amide bonds. The van der Waals surface area contributed by atoms with Crippen molar-refractivity contribution in [2.75, 3.05) is 31.4 Å². The maximum atomic E-state index is 5.33. The van der Waals surface area contributed by atoms with Crippen LogP contribution in [0.15, 0.2) is 30.6 Å². The van der Waals surface area contributed by atoms with Crippen LogP contribution < -0.4 is 20.1 Å². The summed E-state index contributed by atoms with van der Waals surface area (Å²) in [7, 11) is 3.28. The van der Waals surface area contributed by atoms with Crippen LogP contribution in [0.2, 0.25) is 0 Å². The highest BCUT2D eigenvalue weighted by Gasteiger charge is 2.05. The number of anilines is 2. The Morgan fingerprint density at radius 3 is 2.50 bits per heavy atom. The van der Waals surface area contributed by atoms with Crippen molar-refractivity contribution in [3.05, 3.63) is 36.2 Å². The second-order valence-electron chi connectivity index (χ2n) is 5.61. The molecule has 24 heavy (non-hydrogen) atoms. The van der Waals surface area contributed by atoms with Crippen LogP contribution in [-0.4, -0.2) is 36.8 Å². The Kier molecular flexibility index (Phi) is 6.66. The van der Waals surface area contributed by atoms with E-state index in [0.29, 0.717) is 6.04 Å². The van der Waals surface area contributed by atoms with Crippen molar-refractivity contribution >= 4 is 11.6 Å². The lowest BCUT2D eigenvalue weighted by atomic mass is 10.1. The number of methoxy groups -OCH3 is 2. The summed E-state index contributed by atoms with van der Waals surface area (Å²) in [6.07, 6.45) is 3.48. The van der Waals surface area contributed by atoms with E-state index in [-0.39, 0.29) is 0 Å². The third-order valence-corrected chi connectivity index (χ3v) is 3.84. The van der Waals surface area contributed by atoms with Gasteiger partial charge in [0.05, 0.1) is 14.2 Å². The van der Waals surface area contributed by atoms with E-state index >= 15 is 0 Å². The number of hydrogen-bond acceptors (Lipinski definition) is 6. The molecule has 2 rings (SSSR count). The molecule has 0 aliphatic carbocycles. The maximum Gasteiger partial charge on any atom is 0.160 e. The van der Waals surface area contributed by atoms with Crippen LogP contribution in [0.25, 0.3) is 0 Å². The molecule has 0 aliphatic rings. The molecule has 6 heteroatoms. The van der Waals surface area contributed by atoms with E-state index in [1.165, 1.54) is 5.56 Å². The molecule has 0 aliphatic heterocycles. The quantitative estimate of drug-likeness (QED) is 0.735. The van der Waals surface area contributed by atoms with Gasteiger partial charge in [-0.15, -0.1) is 0 Å². The van der Waals surface area contributed by atoms with Crippen molar-refractivity contribution in [3.8, 4) is 11.5 Å². The van der Waals surface area contributed by atoms with Crippen molar-refractivity contribution in [3.63, 3.8) is 0 Å². The number of nitrogens with zero attached hydrogens (tertiary/aromatic N) is 2. The van der Waals surface area contributed by atoms with Crippen LogP contribution in [-0.2, 0) is 6.42 Å². The molecule has 6 nitrogen and oxygen atoms in total. The van der Waals surface area contributed by atoms with Crippen LogP contribution in [0.1, 0.15) is 25.8 Å². The highest BCUT2D eigenvalue weighted by molar-refractivity contribution is 5.47. The lowest BCUT2D eigenvalue weighted by Crippen LogP contribution is -2.15. The molecule has 130 valence electrons. The Morgan fingerprint density at radius 1 is 1.04 bits per heavy atom. The molecule has 2 aromatic rings. The van der Waals surface area contributed by atoms with Crippen molar-refractivity contribution in [2.45, 2.75) is 32.7 Å². The summed E-state index contributed by atoms with van der Waals surface area (Å²) >= 11 is 0. The van der Waals surface area contributed by atoms with E-state index in [4.69, 9.17) is 9.47 Å². The summed E-state index contributed by atoms with van der Waals surface area (Å²) in [4.78, 5) is 8.50. The van der Waals surface area contributed by atoms with Crippen LogP contribution in [0.4, 0.5) is 11.6 Å². The molecular formula is C18H26N4O2. The van der Waals surface area contributed by atoms with E-state index in [1.807, 2.05) is 24.3 Å². The number of aromatic nitrogens is 2. The van der Waals surface area contributed by atoms with Crippen LogP contribution in [0.3, 0.4) is 0 Å². The predicted molar refractivity (Wildman–Crippen MR) is 97.1 cm³/mol. The summed E-state index contributed by atoms with van der Waals surface area (Å²) in [5.74, 6) is 3.15. The summed E-state index contributed by atoms with van der Waals surface area (Å²) in [6.45, 7) is 5.04. The minimum atomic E-state index is 0.388. The molecule has 0 fully saturated rings. The van der Waals surface area contributed by atoms with Gasteiger partial charge in [-0.1, -0.05) is 13.0 Å². The van der Waals surface area contributed by atoms with Gasteiger partial charge in [-0.25, -0.2) is 9.97 Å². The lowest BCUT2D eigenvalue weighted by molar-refractivity contribution is 0.354. The summed E-state index contributed by atoms with van der Waals surface area (Å²) in [6, 6.07) is 8.28. The molecule has 2 N–H and O–H groups in total. The number of benzene rings is 1. The van der Waals surface area contributed by atoms with Crippen molar-refractivity contribution in [1.29, 1.82) is 0 Å². The molecule has 1 aromatic carbocycles. The van der Waals surface area contributed by atoms with Gasteiger partial charge in [0.25, 0.3) is 0 Å². The molecule has 1 heterocycles. The van der Waals surface area contributed by atoms with Crippen LogP contribution >= 0.6 is 0 Å². The molecule has 0 saturated heterocycles. The van der Waals surface area contributed by atoms with Gasteiger partial charge in [0.1, 0.15) is 18.0 Å². The Morgan fingerprint density at radius 2 is 1.79 bits per heavy atom. The topological polar surface area (TPSA) is 68.3 Å². The molecule has 0 bridgehead atoms. The summed E-state index contributed by atoms with van der Waals surface area (Å²) < 4.78 is 10.6. The third kappa shape index (κ3) is 5.01. The lowest BCUT2D eigenvalue weighted by Gasteiger charge is -2.13. The fourth-order valence-electron chi connectivity index (χ4n) is 2.26. The van der Waals surface area contributed by atoms with Gasteiger partial charge < -0.3 is 20.1 Å². The normalized spacial score (nSPS) is 11.7. The van der Waals surface area contributed by atoms with E-state index < -0.39 is 0 Å². The monoisotopic (exact) mass is 330 g/mol. The van der Waals surface area contributed by atoms with E-state index in [0.717, 1.165) is 42.5 Å². The highest BCUT2D eigenvalue weighted by atomic mass is 16.5. The number of rotatable bonds is 9. The molecular weight excluding hydrogens is 304 g/mol. The molecule has 0 radical (unpaired) electrons. The molecule has 0 saturated carbocycles. The minimum absolute atomic E-state index is 0.388. The highest BCUT2D eigenvalue weighted by Crippen LogP contribution is 2.27. The maximum absolute atomic E-state index is 5.33. The van der Waals surface area contributed by atoms with Gasteiger partial charge in [0.15, 0.2) is 11.5 Å². The first-order valence-corrected chi connectivity index (χ1v) is 8.19. The minimum Gasteiger partial charge on any atom is -0.493 e. The zero-order valence-corrected chi connectivity index (χ0v) is 14.8. The SMILES string of the molecule is CCC(C)Nc1cc(NCCc2ccc(OC)c(OC)c2)ncn1. The van der Waals surface area contributed by atoms with Gasteiger partial charge in [0, 0.05) is 18.7 Å². The standard InChI is InChI=1S/C18H26N4O2/c1-5-13(2)22-18-11-17(20-12-21-18)19-9-8-14-6-7-15(23-3)16(10-14)24-4/h6-7,10-13H,5,8-9H2,1-4H3,(H2,19,20,21,22). The van der Waals surface area contributed by atoms with Crippen molar-refractivity contribution in [2.24, 2.45) is 0 Å². The van der Waals surface area contributed by atoms with Crippen LogP contribution in [0, 0.1) is 0 Å². The fraction of sp³-hybridized carbons (Fsp3) is 0.444. The number of nitrogens with one attached hydrogen (secondary N) is 2. The zero-order valence-electron chi connectivity index (χ0n) is 14.8. The second-order valence-corrected chi connectivity index (χ2v) is 5.61. The van der Waals surface area contributed by atoms with Gasteiger partial charge >= 0.3 is 0 Å². The smallest absolute Gasteiger partial charge is 0.160 e. The zero-order chi connectivity index (χ0) is 17.4. The number of hydrogen-bond donors (Lipinski definition) is 2. The fourth-order valence-corrected chi connectivity index (χ4v) is 2.26. The van der Waals surface area contributed by atoms with Gasteiger partial charge in [-0.3, -0.25) is 0 Å². The largest absolute Gasteiger partial charge is 0.493 e. The first kappa shape index (κ1) is 17.8. The molecule has 1 aromatic heterocycles. The molecule has 1 unspecified atom stereocenters. The van der Waals surface area contributed by atoms with E-state index in [2.05, 4.69) is 34.4 Å². The first-order chi connectivity index (χ1) is 11.7. The van der Waals surface area contributed by atoms with Gasteiger partial charge in [-0.2, -0.15) is 0 Å². The first-order valence-electron chi connectivity index (χ1n) is 8.19. The van der Waals surface area contributed by atoms with E-state index in [1.54, 1.807) is 20.5 Å². The Balaban J connectivity index is 1.91. The average Bonchev–Trinajstić information content (AvgIpc) is 2.61. The van der Waals surface area contributed by atoms with Gasteiger partial charge in [-0.05, 0) is 37.5 Å². The summed E-state index contributed by atoms with van der Waals surface area (Å²) in [5.41, 5.74) is 1.17. The third-order valence-electron chi connectivity index (χ3n) is 3.84. The summed E-state index contributed by atoms with van der Waals surface area (Å²) in [5, 5.41) is 6.67.